The van der Waals surface area contributed by atoms with E-state index < -0.39 is 0 Å². The second-order valence-corrected chi connectivity index (χ2v) is 5.91. The van der Waals surface area contributed by atoms with Crippen LogP contribution in [0, 0.1) is 0 Å². The number of pyridine rings is 1. The van der Waals surface area contributed by atoms with Crippen LogP contribution in [-0.4, -0.2) is 48.1 Å². The molecular formula is C16H23N3O2. The normalized spacial score (nSPS) is 21.9. The molecule has 3 rings (SSSR count). The number of aromatic nitrogens is 1. The quantitative estimate of drug-likeness (QED) is 0.898. The number of piperidine rings is 1. The first-order valence-corrected chi connectivity index (χ1v) is 7.82. The van der Waals surface area contributed by atoms with Crippen molar-refractivity contribution in [2.75, 3.05) is 20.2 Å². The summed E-state index contributed by atoms with van der Waals surface area (Å²) < 4.78 is 5.28. The Bertz CT molecular complexity index is 496. The van der Waals surface area contributed by atoms with E-state index in [9.17, 15) is 4.79 Å². The Hall–Kier alpha value is -1.62. The Morgan fingerprint density at radius 1 is 1.43 bits per heavy atom. The van der Waals surface area contributed by atoms with Crippen LogP contribution < -0.4 is 10.1 Å². The van der Waals surface area contributed by atoms with Gasteiger partial charge in [0.15, 0.2) is 0 Å². The average molecular weight is 289 g/mol. The highest BCUT2D eigenvalue weighted by Gasteiger charge is 2.35. The molecule has 2 heterocycles. The topological polar surface area (TPSA) is 54.5 Å². The Labute approximate surface area is 125 Å². The van der Waals surface area contributed by atoms with Crippen LogP contribution in [0.5, 0.6) is 5.75 Å². The summed E-state index contributed by atoms with van der Waals surface area (Å²) in [5.74, 6) is 0.633. The van der Waals surface area contributed by atoms with E-state index in [-0.39, 0.29) is 5.91 Å². The van der Waals surface area contributed by atoms with Crippen molar-refractivity contribution in [3.8, 4) is 5.75 Å². The van der Waals surface area contributed by atoms with Gasteiger partial charge in [0.2, 0.25) is 0 Å². The Kier molecular flexibility index (Phi) is 4.39. The average Bonchev–Trinajstić information content (AvgIpc) is 3.37. The Morgan fingerprint density at radius 2 is 2.29 bits per heavy atom. The van der Waals surface area contributed by atoms with Crippen molar-refractivity contribution in [1.82, 2.24) is 15.2 Å². The third kappa shape index (κ3) is 3.35. The molecule has 2 fully saturated rings. The van der Waals surface area contributed by atoms with E-state index in [1.165, 1.54) is 12.8 Å². The van der Waals surface area contributed by atoms with Gasteiger partial charge in [-0.25, -0.2) is 0 Å². The number of amides is 1. The fourth-order valence-electron chi connectivity index (χ4n) is 2.98. The highest BCUT2D eigenvalue weighted by Crippen LogP contribution is 2.30. The molecule has 0 spiro atoms. The fourth-order valence-corrected chi connectivity index (χ4v) is 2.98. The smallest absolute Gasteiger partial charge is 0.258 e. The van der Waals surface area contributed by atoms with Crippen LogP contribution in [0.2, 0.25) is 0 Å². The van der Waals surface area contributed by atoms with E-state index in [1.807, 2.05) is 4.90 Å². The predicted octanol–water partition coefficient (Wildman–Crippen LogP) is 1.84. The molecule has 1 aliphatic heterocycles. The molecule has 1 unspecified atom stereocenters. The lowest BCUT2D eigenvalue weighted by atomic mass is 10.0. The van der Waals surface area contributed by atoms with Crippen LogP contribution in [0.4, 0.5) is 0 Å². The largest absolute Gasteiger partial charge is 0.494 e. The van der Waals surface area contributed by atoms with Gasteiger partial charge in [-0.2, -0.15) is 0 Å². The van der Waals surface area contributed by atoms with Crippen molar-refractivity contribution >= 4 is 5.91 Å². The number of carbonyl (C=O) groups excluding carboxylic acids is 1. The van der Waals surface area contributed by atoms with E-state index in [0.717, 1.165) is 32.4 Å². The van der Waals surface area contributed by atoms with Crippen LogP contribution in [0.1, 0.15) is 42.5 Å². The minimum absolute atomic E-state index is 0.0733. The van der Waals surface area contributed by atoms with E-state index >= 15 is 0 Å². The maximum Gasteiger partial charge on any atom is 0.258 e. The molecule has 21 heavy (non-hydrogen) atoms. The van der Waals surface area contributed by atoms with Crippen LogP contribution in [-0.2, 0) is 0 Å². The molecule has 0 radical (unpaired) electrons. The molecule has 114 valence electrons. The molecule has 0 aromatic carbocycles. The molecule has 1 N–H and O–H groups in total. The van der Waals surface area contributed by atoms with Gasteiger partial charge in [-0.05, 0) is 38.3 Å². The molecular weight excluding hydrogens is 266 g/mol. The second kappa shape index (κ2) is 6.43. The summed E-state index contributed by atoms with van der Waals surface area (Å²) in [5, 5.41) is 3.53. The number of hydrogen-bond acceptors (Lipinski definition) is 4. The zero-order valence-corrected chi connectivity index (χ0v) is 12.5. The molecule has 1 aromatic rings. The number of nitrogens with one attached hydrogen (secondary N) is 1. The number of hydrogen-bond donors (Lipinski definition) is 1. The molecule has 1 saturated carbocycles. The van der Waals surface area contributed by atoms with Gasteiger partial charge in [0, 0.05) is 24.8 Å². The minimum atomic E-state index is 0.0733. The van der Waals surface area contributed by atoms with Gasteiger partial charge < -0.3 is 15.0 Å². The molecule has 5 nitrogen and oxygen atoms in total. The number of rotatable bonds is 5. The second-order valence-electron chi connectivity index (χ2n) is 5.91. The first-order chi connectivity index (χ1) is 10.3. The van der Waals surface area contributed by atoms with Crippen molar-refractivity contribution in [2.24, 2.45) is 0 Å². The van der Waals surface area contributed by atoms with E-state index in [2.05, 4.69) is 10.3 Å². The van der Waals surface area contributed by atoms with Crippen molar-refractivity contribution in [3.05, 3.63) is 24.0 Å². The van der Waals surface area contributed by atoms with Crippen LogP contribution in [0.3, 0.4) is 0 Å². The standard InChI is InChI=1S/C16H23N3O2/c1-21-15-10-17-9-7-14(15)16(20)19(13-5-6-13)11-12-4-2-3-8-18-12/h7,9-10,12-13,18H,2-6,8,11H2,1H3. The lowest BCUT2D eigenvalue weighted by Gasteiger charge is -2.31. The monoisotopic (exact) mass is 289 g/mol. The number of carbonyl (C=O) groups is 1. The lowest BCUT2D eigenvalue weighted by Crippen LogP contribution is -2.46. The molecule has 0 bridgehead atoms. The highest BCUT2D eigenvalue weighted by molar-refractivity contribution is 5.97. The zero-order chi connectivity index (χ0) is 14.7. The summed E-state index contributed by atoms with van der Waals surface area (Å²) >= 11 is 0. The van der Waals surface area contributed by atoms with Crippen LogP contribution >= 0.6 is 0 Å². The SMILES string of the molecule is COc1cnccc1C(=O)N(CC1CCCCN1)C1CC1. The number of methoxy groups -OCH3 is 1. The predicted molar refractivity (Wildman–Crippen MR) is 80.5 cm³/mol. The summed E-state index contributed by atoms with van der Waals surface area (Å²) in [6.07, 6.45) is 9.15. The van der Waals surface area contributed by atoms with Gasteiger partial charge in [0.25, 0.3) is 5.91 Å². The molecule has 2 aliphatic rings. The van der Waals surface area contributed by atoms with Crippen molar-refractivity contribution in [3.63, 3.8) is 0 Å². The third-order valence-electron chi connectivity index (χ3n) is 4.31. The van der Waals surface area contributed by atoms with Crippen molar-refractivity contribution < 1.29 is 9.53 Å². The summed E-state index contributed by atoms with van der Waals surface area (Å²) in [6, 6.07) is 2.58. The first kappa shape index (κ1) is 14.3. The van der Waals surface area contributed by atoms with Crippen LogP contribution in [0.25, 0.3) is 0 Å². The summed E-state index contributed by atoms with van der Waals surface area (Å²) in [5.41, 5.74) is 0.621. The minimum Gasteiger partial charge on any atom is -0.494 e. The maximum atomic E-state index is 12.9. The fraction of sp³-hybridized carbons (Fsp3) is 0.625. The molecule has 1 aromatic heterocycles. The highest BCUT2D eigenvalue weighted by atomic mass is 16.5. The van der Waals surface area contributed by atoms with Gasteiger partial charge in [-0.15, -0.1) is 0 Å². The first-order valence-electron chi connectivity index (χ1n) is 7.82. The zero-order valence-electron chi connectivity index (χ0n) is 12.5. The maximum absolute atomic E-state index is 12.9. The van der Waals surface area contributed by atoms with Gasteiger partial charge in [-0.1, -0.05) is 6.42 Å². The van der Waals surface area contributed by atoms with E-state index in [0.29, 0.717) is 23.4 Å². The van der Waals surface area contributed by atoms with Gasteiger partial charge in [-0.3, -0.25) is 9.78 Å². The molecule has 1 saturated heterocycles. The van der Waals surface area contributed by atoms with Gasteiger partial charge in [0.1, 0.15) is 5.75 Å². The lowest BCUT2D eigenvalue weighted by molar-refractivity contribution is 0.0714. The summed E-state index contributed by atoms with van der Waals surface area (Å²) in [4.78, 5) is 18.9. The van der Waals surface area contributed by atoms with E-state index in [1.54, 1.807) is 25.6 Å². The molecule has 5 heteroatoms. The van der Waals surface area contributed by atoms with Crippen LogP contribution in [0.15, 0.2) is 18.5 Å². The van der Waals surface area contributed by atoms with Gasteiger partial charge in [0.05, 0.1) is 18.9 Å². The molecule has 1 amide bonds. The van der Waals surface area contributed by atoms with Crippen molar-refractivity contribution in [1.29, 1.82) is 0 Å². The van der Waals surface area contributed by atoms with Gasteiger partial charge >= 0.3 is 0 Å². The Balaban J connectivity index is 1.75. The Morgan fingerprint density at radius 3 is 2.95 bits per heavy atom. The summed E-state index contributed by atoms with van der Waals surface area (Å²) in [6.45, 7) is 1.87. The number of nitrogens with zero attached hydrogens (tertiary/aromatic N) is 2. The molecule has 1 atom stereocenters. The van der Waals surface area contributed by atoms with E-state index in [4.69, 9.17) is 4.74 Å². The van der Waals surface area contributed by atoms with Crippen molar-refractivity contribution in [2.45, 2.75) is 44.2 Å². The third-order valence-corrected chi connectivity index (χ3v) is 4.31. The molecule has 1 aliphatic carbocycles. The summed E-state index contributed by atoms with van der Waals surface area (Å²) in [7, 11) is 1.58. The number of ether oxygens (including phenoxy) is 1.